The number of methoxy groups -OCH3 is 3. The summed E-state index contributed by atoms with van der Waals surface area (Å²) in [5.41, 5.74) is 3.46. The van der Waals surface area contributed by atoms with Gasteiger partial charge in [-0.3, -0.25) is 14.7 Å². The Kier molecular flexibility index (Phi) is 6.44. The third-order valence-corrected chi connectivity index (χ3v) is 4.70. The molecule has 3 rings (SSSR count). The van der Waals surface area contributed by atoms with E-state index in [4.69, 9.17) is 14.2 Å². The molecule has 3 N–H and O–H groups in total. The van der Waals surface area contributed by atoms with E-state index in [9.17, 15) is 9.59 Å². The van der Waals surface area contributed by atoms with Crippen LogP contribution in [-0.4, -0.2) is 43.3 Å². The van der Waals surface area contributed by atoms with Crippen molar-refractivity contribution in [1.29, 1.82) is 0 Å². The van der Waals surface area contributed by atoms with Crippen molar-refractivity contribution in [3.8, 4) is 17.2 Å². The first-order valence-corrected chi connectivity index (χ1v) is 9.42. The summed E-state index contributed by atoms with van der Waals surface area (Å²) in [4.78, 5) is 25.2. The first-order chi connectivity index (χ1) is 14.9. The SMILES string of the molecule is COc1cc(C(=O)Nc2ccc(C(=O)Nc3c(C)n[nH]c3C)cc2)cc(OC)c1OC. The van der Waals surface area contributed by atoms with Crippen molar-refractivity contribution in [2.45, 2.75) is 13.8 Å². The Morgan fingerprint density at radius 1 is 0.839 bits per heavy atom. The summed E-state index contributed by atoms with van der Waals surface area (Å²) >= 11 is 0. The molecule has 0 bridgehead atoms. The molecule has 1 aromatic heterocycles. The molecular weight excluding hydrogens is 400 g/mol. The van der Waals surface area contributed by atoms with E-state index in [2.05, 4.69) is 20.8 Å². The van der Waals surface area contributed by atoms with Crippen molar-refractivity contribution in [2.24, 2.45) is 0 Å². The average Bonchev–Trinajstić information content (AvgIpc) is 3.10. The third kappa shape index (κ3) is 4.61. The van der Waals surface area contributed by atoms with Gasteiger partial charge in [0.2, 0.25) is 5.75 Å². The number of amides is 2. The van der Waals surface area contributed by atoms with E-state index in [0.29, 0.717) is 45.4 Å². The second kappa shape index (κ2) is 9.21. The van der Waals surface area contributed by atoms with Gasteiger partial charge >= 0.3 is 0 Å². The summed E-state index contributed by atoms with van der Waals surface area (Å²) < 4.78 is 15.8. The highest BCUT2D eigenvalue weighted by Crippen LogP contribution is 2.38. The van der Waals surface area contributed by atoms with Gasteiger partial charge < -0.3 is 24.8 Å². The molecule has 3 aromatic rings. The summed E-state index contributed by atoms with van der Waals surface area (Å²) in [6.07, 6.45) is 0. The number of nitrogens with zero attached hydrogens (tertiary/aromatic N) is 1. The quantitative estimate of drug-likeness (QED) is 0.534. The number of aromatic nitrogens is 2. The van der Waals surface area contributed by atoms with Gasteiger partial charge in [0.15, 0.2) is 11.5 Å². The van der Waals surface area contributed by atoms with Gasteiger partial charge in [-0.1, -0.05) is 0 Å². The minimum absolute atomic E-state index is 0.268. The standard InChI is InChI=1S/C22H24N4O5/c1-12-19(13(2)26-25-12)24-21(27)14-6-8-16(9-7-14)23-22(28)15-10-17(29-3)20(31-5)18(11-15)30-4/h6-11H,1-5H3,(H,23,28)(H,24,27)(H,25,26). The van der Waals surface area contributed by atoms with E-state index in [-0.39, 0.29) is 11.8 Å². The fraction of sp³-hybridized carbons (Fsp3) is 0.227. The molecule has 9 nitrogen and oxygen atoms in total. The van der Waals surface area contributed by atoms with Crippen molar-refractivity contribution in [1.82, 2.24) is 10.2 Å². The number of anilines is 2. The molecule has 9 heteroatoms. The first-order valence-electron chi connectivity index (χ1n) is 9.42. The van der Waals surface area contributed by atoms with Crippen LogP contribution in [-0.2, 0) is 0 Å². The maximum Gasteiger partial charge on any atom is 0.255 e. The number of hydrogen-bond acceptors (Lipinski definition) is 6. The van der Waals surface area contributed by atoms with E-state index < -0.39 is 0 Å². The van der Waals surface area contributed by atoms with Gasteiger partial charge in [-0.05, 0) is 50.2 Å². The molecule has 31 heavy (non-hydrogen) atoms. The lowest BCUT2D eigenvalue weighted by Crippen LogP contribution is -2.14. The highest BCUT2D eigenvalue weighted by molar-refractivity contribution is 6.07. The van der Waals surface area contributed by atoms with E-state index >= 15 is 0 Å². The largest absolute Gasteiger partial charge is 0.493 e. The number of nitrogens with one attached hydrogen (secondary N) is 3. The number of carbonyl (C=O) groups excluding carboxylic acids is 2. The minimum Gasteiger partial charge on any atom is -0.493 e. The molecule has 0 aliphatic heterocycles. The molecule has 0 aliphatic rings. The lowest BCUT2D eigenvalue weighted by Gasteiger charge is -2.14. The number of aryl methyl sites for hydroxylation is 2. The zero-order chi connectivity index (χ0) is 22.5. The zero-order valence-corrected chi connectivity index (χ0v) is 18.0. The minimum atomic E-state index is -0.360. The molecule has 2 amide bonds. The van der Waals surface area contributed by atoms with Crippen molar-refractivity contribution in [3.63, 3.8) is 0 Å². The van der Waals surface area contributed by atoms with Gasteiger partial charge in [0.1, 0.15) is 0 Å². The Morgan fingerprint density at radius 2 is 1.42 bits per heavy atom. The van der Waals surface area contributed by atoms with E-state index in [1.54, 1.807) is 43.3 Å². The maximum atomic E-state index is 12.7. The monoisotopic (exact) mass is 424 g/mol. The van der Waals surface area contributed by atoms with Crippen molar-refractivity contribution in [2.75, 3.05) is 32.0 Å². The third-order valence-electron chi connectivity index (χ3n) is 4.70. The van der Waals surface area contributed by atoms with Crippen LogP contribution in [0.3, 0.4) is 0 Å². The molecule has 1 heterocycles. The lowest BCUT2D eigenvalue weighted by molar-refractivity contribution is 0.101. The summed E-state index contributed by atoms with van der Waals surface area (Å²) in [6, 6.07) is 9.69. The van der Waals surface area contributed by atoms with Crippen LogP contribution in [0.4, 0.5) is 11.4 Å². The fourth-order valence-electron chi connectivity index (χ4n) is 3.04. The predicted octanol–water partition coefficient (Wildman–Crippen LogP) is 3.56. The second-order valence-electron chi connectivity index (χ2n) is 6.71. The predicted molar refractivity (Wildman–Crippen MR) is 117 cm³/mol. The Balaban J connectivity index is 1.74. The van der Waals surface area contributed by atoms with Crippen molar-refractivity contribution >= 4 is 23.2 Å². The van der Waals surface area contributed by atoms with E-state index in [0.717, 1.165) is 5.69 Å². The van der Waals surface area contributed by atoms with Crippen LogP contribution in [0.25, 0.3) is 0 Å². The molecule has 0 spiro atoms. The van der Waals surface area contributed by atoms with Gasteiger partial charge in [-0.25, -0.2) is 0 Å². The Morgan fingerprint density at radius 3 is 1.90 bits per heavy atom. The molecular formula is C22H24N4O5. The smallest absolute Gasteiger partial charge is 0.255 e. The number of benzene rings is 2. The molecule has 0 saturated heterocycles. The number of aromatic amines is 1. The Labute approximate surface area is 179 Å². The topological polar surface area (TPSA) is 115 Å². The first kappa shape index (κ1) is 21.7. The molecule has 0 saturated carbocycles. The van der Waals surface area contributed by atoms with E-state index in [1.807, 2.05) is 6.92 Å². The number of H-pyrrole nitrogens is 1. The molecule has 162 valence electrons. The van der Waals surface area contributed by atoms with Crippen LogP contribution in [0, 0.1) is 13.8 Å². The summed E-state index contributed by atoms with van der Waals surface area (Å²) in [5.74, 6) is 0.531. The Bertz CT molecular complexity index is 1060. The van der Waals surface area contributed by atoms with Crippen LogP contribution in [0.2, 0.25) is 0 Å². The number of hydrogen-bond donors (Lipinski definition) is 3. The fourth-order valence-corrected chi connectivity index (χ4v) is 3.04. The summed E-state index contributed by atoms with van der Waals surface area (Å²) in [5, 5.41) is 12.5. The van der Waals surface area contributed by atoms with Gasteiger partial charge in [-0.15, -0.1) is 0 Å². The zero-order valence-electron chi connectivity index (χ0n) is 18.0. The van der Waals surface area contributed by atoms with Crippen molar-refractivity contribution in [3.05, 3.63) is 58.9 Å². The highest BCUT2D eigenvalue weighted by atomic mass is 16.5. The lowest BCUT2D eigenvalue weighted by atomic mass is 10.1. The number of rotatable bonds is 7. The van der Waals surface area contributed by atoms with Gasteiger partial charge in [-0.2, -0.15) is 5.10 Å². The molecule has 0 radical (unpaired) electrons. The maximum absolute atomic E-state index is 12.7. The van der Waals surface area contributed by atoms with Gasteiger partial charge in [0.25, 0.3) is 11.8 Å². The normalized spacial score (nSPS) is 10.4. The number of ether oxygens (including phenoxy) is 3. The van der Waals surface area contributed by atoms with E-state index in [1.165, 1.54) is 21.3 Å². The van der Waals surface area contributed by atoms with Crippen LogP contribution in [0.1, 0.15) is 32.1 Å². The van der Waals surface area contributed by atoms with Gasteiger partial charge in [0.05, 0.1) is 38.4 Å². The molecule has 0 atom stereocenters. The van der Waals surface area contributed by atoms with Crippen LogP contribution in [0.5, 0.6) is 17.2 Å². The molecule has 2 aromatic carbocycles. The van der Waals surface area contributed by atoms with Crippen molar-refractivity contribution < 1.29 is 23.8 Å². The van der Waals surface area contributed by atoms with Crippen LogP contribution < -0.4 is 24.8 Å². The van der Waals surface area contributed by atoms with Crippen LogP contribution >= 0.6 is 0 Å². The summed E-state index contributed by atoms with van der Waals surface area (Å²) in [7, 11) is 4.46. The second-order valence-corrected chi connectivity index (χ2v) is 6.71. The number of carbonyl (C=O) groups is 2. The summed E-state index contributed by atoms with van der Waals surface area (Å²) in [6.45, 7) is 3.64. The Hall–Kier alpha value is -4.01. The van der Waals surface area contributed by atoms with Crippen LogP contribution in [0.15, 0.2) is 36.4 Å². The molecule has 0 fully saturated rings. The molecule has 0 unspecified atom stereocenters. The average molecular weight is 424 g/mol. The van der Waals surface area contributed by atoms with Gasteiger partial charge in [0, 0.05) is 16.8 Å². The highest BCUT2D eigenvalue weighted by Gasteiger charge is 2.17. The molecule has 0 aliphatic carbocycles.